The van der Waals surface area contributed by atoms with Gasteiger partial charge in [0.15, 0.2) is 0 Å². The molecule has 0 aliphatic heterocycles. The summed E-state index contributed by atoms with van der Waals surface area (Å²) in [6, 6.07) is 6.07. The molecule has 3 N–H and O–H groups in total. The van der Waals surface area contributed by atoms with Crippen LogP contribution in [-0.2, 0) is 26.0 Å². The van der Waals surface area contributed by atoms with Crippen LogP contribution in [0.15, 0.2) is 29.2 Å². The third-order valence-electron chi connectivity index (χ3n) is 5.07. The Hall–Kier alpha value is -1.93. The Kier molecular flexibility index (Phi) is 7.79. The first kappa shape index (κ1) is 21.4. The van der Waals surface area contributed by atoms with Crippen LogP contribution in [0.2, 0.25) is 0 Å². The molecule has 7 nitrogen and oxygen atoms in total. The van der Waals surface area contributed by atoms with E-state index < -0.39 is 21.9 Å². The van der Waals surface area contributed by atoms with Gasteiger partial charge < -0.3 is 10.4 Å². The van der Waals surface area contributed by atoms with E-state index in [2.05, 4.69) is 10.0 Å². The molecular formula is C19H28N2O5S. The summed E-state index contributed by atoms with van der Waals surface area (Å²) < 4.78 is 25.7. The number of benzene rings is 1. The SMILES string of the molecule is CNS(=O)(=O)c1ccc(CCC(=O)NC2CCCCCCC2C(=O)O)cc1. The summed E-state index contributed by atoms with van der Waals surface area (Å²) in [6.45, 7) is 0. The second kappa shape index (κ2) is 9.85. The lowest BCUT2D eigenvalue weighted by Crippen LogP contribution is -2.44. The van der Waals surface area contributed by atoms with Gasteiger partial charge in [-0.15, -0.1) is 0 Å². The second-order valence-electron chi connectivity index (χ2n) is 6.96. The van der Waals surface area contributed by atoms with Crippen molar-refractivity contribution >= 4 is 21.9 Å². The van der Waals surface area contributed by atoms with Crippen LogP contribution in [0.25, 0.3) is 0 Å². The number of amides is 1. The van der Waals surface area contributed by atoms with Crippen LogP contribution in [0.3, 0.4) is 0 Å². The monoisotopic (exact) mass is 396 g/mol. The molecule has 0 heterocycles. The third kappa shape index (κ3) is 6.32. The zero-order chi connectivity index (χ0) is 19.9. The number of carbonyl (C=O) groups excluding carboxylic acids is 1. The number of rotatable bonds is 7. The highest BCUT2D eigenvalue weighted by Crippen LogP contribution is 2.23. The molecule has 2 rings (SSSR count). The fraction of sp³-hybridized carbons (Fsp3) is 0.579. The third-order valence-corrected chi connectivity index (χ3v) is 6.50. The molecule has 0 radical (unpaired) electrons. The molecule has 0 spiro atoms. The van der Waals surface area contributed by atoms with Crippen LogP contribution < -0.4 is 10.0 Å². The summed E-state index contributed by atoms with van der Waals surface area (Å²) in [4.78, 5) is 24.0. The molecule has 27 heavy (non-hydrogen) atoms. The van der Waals surface area contributed by atoms with Gasteiger partial charge in [-0.2, -0.15) is 0 Å². The zero-order valence-electron chi connectivity index (χ0n) is 15.6. The average Bonchev–Trinajstić information content (AvgIpc) is 2.62. The number of nitrogens with one attached hydrogen (secondary N) is 2. The molecule has 1 aliphatic rings. The smallest absolute Gasteiger partial charge is 0.308 e. The van der Waals surface area contributed by atoms with Gasteiger partial charge in [-0.05, 0) is 44.0 Å². The van der Waals surface area contributed by atoms with Gasteiger partial charge in [0.05, 0.1) is 10.8 Å². The van der Waals surface area contributed by atoms with Gasteiger partial charge in [0.2, 0.25) is 15.9 Å². The molecule has 1 aromatic carbocycles. The fourth-order valence-corrected chi connectivity index (χ4v) is 4.17. The van der Waals surface area contributed by atoms with Gasteiger partial charge in [-0.25, -0.2) is 13.1 Å². The van der Waals surface area contributed by atoms with Gasteiger partial charge in [0.25, 0.3) is 0 Å². The highest BCUT2D eigenvalue weighted by atomic mass is 32.2. The van der Waals surface area contributed by atoms with Crippen molar-refractivity contribution in [3.05, 3.63) is 29.8 Å². The average molecular weight is 397 g/mol. The van der Waals surface area contributed by atoms with Crippen molar-refractivity contribution in [1.82, 2.24) is 10.0 Å². The highest BCUT2D eigenvalue weighted by molar-refractivity contribution is 7.89. The second-order valence-corrected chi connectivity index (χ2v) is 8.85. The summed E-state index contributed by atoms with van der Waals surface area (Å²) >= 11 is 0. The molecule has 1 aromatic rings. The number of aliphatic carboxylic acids is 1. The fourth-order valence-electron chi connectivity index (χ4n) is 3.44. The first-order valence-corrected chi connectivity index (χ1v) is 10.9. The van der Waals surface area contributed by atoms with Gasteiger partial charge in [-0.1, -0.05) is 37.8 Å². The predicted octanol–water partition coefficient (Wildman–Crippen LogP) is 2.07. The van der Waals surface area contributed by atoms with E-state index in [1.54, 1.807) is 12.1 Å². The standard InChI is InChI=1S/C19H28N2O5S/c1-20-27(25,26)15-11-8-14(9-12-15)10-13-18(22)21-17-7-5-3-2-4-6-16(17)19(23)24/h8-9,11-12,16-17,20H,2-7,10,13H2,1H3,(H,21,22)(H,23,24). The molecule has 1 aliphatic carbocycles. The van der Waals surface area contributed by atoms with E-state index in [0.29, 0.717) is 19.3 Å². The molecule has 8 heteroatoms. The highest BCUT2D eigenvalue weighted by Gasteiger charge is 2.29. The topological polar surface area (TPSA) is 113 Å². The van der Waals surface area contributed by atoms with Crippen LogP contribution >= 0.6 is 0 Å². The number of hydrogen-bond donors (Lipinski definition) is 3. The Morgan fingerprint density at radius 1 is 1.07 bits per heavy atom. The van der Waals surface area contributed by atoms with E-state index in [4.69, 9.17) is 0 Å². The summed E-state index contributed by atoms with van der Waals surface area (Å²) in [6.07, 6.45) is 5.92. The number of hydrogen-bond acceptors (Lipinski definition) is 4. The van der Waals surface area contributed by atoms with Crippen molar-refractivity contribution in [3.8, 4) is 0 Å². The lowest BCUT2D eigenvalue weighted by Gasteiger charge is -2.27. The number of carbonyl (C=O) groups is 2. The number of aryl methyl sites for hydroxylation is 1. The molecular weight excluding hydrogens is 368 g/mol. The maximum Gasteiger partial charge on any atom is 0.308 e. The molecule has 2 unspecified atom stereocenters. The Balaban J connectivity index is 1.91. The molecule has 2 atom stereocenters. The predicted molar refractivity (Wildman–Crippen MR) is 102 cm³/mol. The van der Waals surface area contributed by atoms with E-state index in [-0.39, 0.29) is 23.3 Å². The summed E-state index contributed by atoms with van der Waals surface area (Å²) in [7, 11) is -2.12. The maximum absolute atomic E-state index is 12.3. The van der Waals surface area contributed by atoms with Crippen molar-refractivity contribution in [2.45, 2.75) is 62.3 Å². The molecule has 1 amide bonds. The lowest BCUT2D eigenvalue weighted by atomic mass is 9.86. The molecule has 1 fully saturated rings. The molecule has 0 bridgehead atoms. The Morgan fingerprint density at radius 2 is 1.70 bits per heavy atom. The van der Waals surface area contributed by atoms with Gasteiger partial charge in [0, 0.05) is 12.5 Å². The molecule has 0 saturated heterocycles. The summed E-state index contributed by atoms with van der Waals surface area (Å²) in [5.74, 6) is -1.54. The van der Waals surface area contributed by atoms with Crippen molar-refractivity contribution < 1.29 is 23.1 Å². The van der Waals surface area contributed by atoms with Crippen LogP contribution in [0, 0.1) is 5.92 Å². The number of sulfonamides is 1. The van der Waals surface area contributed by atoms with Gasteiger partial charge in [0.1, 0.15) is 0 Å². The van der Waals surface area contributed by atoms with Crippen LogP contribution in [0.4, 0.5) is 0 Å². The summed E-state index contributed by atoms with van der Waals surface area (Å²) in [5, 5.41) is 12.4. The zero-order valence-corrected chi connectivity index (χ0v) is 16.4. The largest absolute Gasteiger partial charge is 0.481 e. The van der Waals surface area contributed by atoms with Crippen molar-refractivity contribution in [2.24, 2.45) is 5.92 Å². The maximum atomic E-state index is 12.3. The van der Waals surface area contributed by atoms with E-state index in [1.165, 1.54) is 19.2 Å². The lowest BCUT2D eigenvalue weighted by molar-refractivity contribution is -0.143. The molecule has 0 aromatic heterocycles. The first-order valence-electron chi connectivity index (χ1n) is 9.38. The van der Waals surface area contributed by atoms with E-state index in [9.17, 15) is 23.1 Å². The Labute approximate surface area is 160 Å². The number of carboxylic acid groups (broad SMARTS) is 1. The Morgan fingerprint density at radius 3 is 2.30 bits per heavy atom. The van der Waals surface area contributed by atoms with E-state index >= 15 is 0 Å². The normalized spacial score (nSPS) is 21.1. The minimum Gasteiger partial charge on any atom is -0.481 e. The minimum absolute atomic E-state index is 0.168. The molecule has 1 saturated carbocycles. The van der Waals surface area contributed by atoms with Gasteiger partial charge in [-0.3, -0.25) is 9.59 Å². The van der Waals surface area contributed by atoms with Crippen molar-refractivity contribution in [2.75, 3.05) is 7.05 Å². The number of carboxylic acids is 1. The summed E-state index contributed by atoms with van der Waals surface area (Å²) in [5.41, 5.74) is 0.854. The van der Waals surface area contributed by atoms with E-state index in [0.717, 1.165) is 31.2 Å². The van der Waals surface area contributed by atoms with Crippen LogP contribution in [-0.4, -0.2) is 38.5 Å². The minimum atomic E-state index is -3.47. The quantitative estimate of drug-likeness (QED) is 0.653. The van der Waals surface area contributed by atoms with Crippen LogP contribution in [0.5, 0.6) is 0 Å². The Bertz CT molecular complexity index is 746. The van der Waals surface area contributed by atoms with Crippen molar-refractivity contribution in [1.29, 1.82) is 0 Å². The van der Waals surface area contributed by atoms with Crippen LogP contribution in [0.1, 0.15) is 50.5 Å². The van der Waals surface area contributed by atoms with E-state index in [1.807, 2.05) is 0 Å². The van der Waals surface area contributed by atoms with Gasteiger partial charge >= 0.3 is 5.97 Å². The first-order chi connectivity index (χ1) is 12.8. The van der Waals surface area contributed by atoms with Crippen molar-refractivity contribution in [3.63, 3.8) is 0 Å². The molecule has 150 valence electrons.